The van der Waals surface area contributed by atoms with E-state index < -0.39 is 59.7 Å². The number of carbonyl (C=O) groups excluding carboxylic acids is 1. The smallest absolute Gasteiger partial charge is 0.416 e. The molecule has 2 aliphatic heterocycles. The van der Waals surface area contributed by atoms with Crippen molar-refractivity contribution in [2.75, 3.05) is 19.6 Å². The van der Waals surface area contributed by atoms with E-state index in [9.17, 15) is 37.1 Å². The van der Waals surface area contributed by atoms with Gasteiger partial charge in [0, 0.05) is 43.0 Å². The Kier molecular flexibility index (Phi) is 9.29. The molecule has 2 atom stereocenters. The van der Waals surface area contributed by atoms with Gasteiger partial charge in [-0.2, -0.15) is 13.2 Å². The molecule has 8 nitrogen and oxygen atoms in total. The van der Waals surface area contributed by atoms with Gasteiger partial charge in [-0.3, -0.25) is 23.9 Å². The lowest BCUT2D eigenvalue weighted by molar-refractivity contribution is -0.139. The first-order valence-corrected chi connectivity index (χ1v) is 16.0. The van der Waals surface area contributed by atoms with Crippen LogP contribution in [0.25, 0.3) is 11.1 Å². The van der Waals surface area contributed by atoms with Crippen LogP contribution in [-0.2, 0) is 22.2 Å². The molecule has 0 spiro atoms. The number of fused-ring (bicyclic) bond motifs is 6. The van der Waals surface area contributed by atoms with Crippen molar-refractivity contribution in [3.63, 3.8) is 0 Å². The highest BCUT2D eigenvalue weighted by Gasteiger charge is 2.37. The molecule has 2 N–H and O–H groups in total. The third-order valence-corrected chi connectivity index (χ3v) is 9.25. The Morgan fingerprint density at radius 2 is 1.72 bits per heavy atom. The number of aromatic nitrogens is 1. The van der Waals surface area contributed by atoms with Gasteiger partial charge in [0.15, 0.2) is 0 Å². The zero-order chi connectivity index (χ0) is 36.1. The average molecular weight is 696 g/mol. The number of likely N-dealkylation sites (tertiary alicyclic amines) is 1. The molecule has 1 fully saturated rings. The number of hydrogen-bond acceptors (Lipinski definition) is 5. The molecule has 50 heavy (non-hydrogen) atoms. The largest absolute Gasteiger partial charge is 0.481 e. The summed E-state index contributed by atoms with van der Waals surface area (Å²) in [6, 6.07) is 10.5. The number of carboxylic acid groups (broad SMARTS) is 1. The first-order valence-electron chi connectivity index (χ1n) is 16.0. The second-order valence-corrected chi connectivity index (χ2v) is 12.9. The highest BCUT2D eigenvalue weighted by Crippen LogP contribution is 2.41. The summed E-state index contributed by atoms with van der Waals surface area (Å²) in [6.45, 7) is 5.20. The van der Waals surface area contributed by atoms with Gasteiger partial charge in [-0.05, 0) is 90.9 Å². The third-order valence-electron chi connectivity index (χ3n) is 9.25. The summed E-state index contributed by atoms with van der Waals surface area (Å²) in [5.41, 5.74) is -0.0625. The van der Waals surface area contributed by atoms with Gasteiger partial charge in [0.25, 0.3) is 5.56 Å². The number of halogens is 5. The van der Waals surface area contributed by atoms with Crippen molar-refractivity contribution in [2.45, 2.75) is 58.0 Å². The Morgan fingerprint density at radius 3 is 2.40 bits per heavy atom. The number of aliphatic carboxylic acids is 1. The van der Waals surface area contributed by atoms with Crippen LogP contribution in [0.4, 0.5) is 22.0 Å². The van der Waals surface area contributed by atoms with Gasteiger partial charge < -0.3 is 15.2 Å². The van der Waals surface area contributed by atoms with Gasteiger partial charge in [0.1, 0.15) is 29.5 Å². The maximum Gasteiger partial charge on any atom is 0.416 e. The normalized spacial score (nSPS) is 18.1. The number of hydrogen-bond donors (Lipinski definition) is 2. The van der Waals surface area contributed by atoms with Crippen LogP contribution in [0.1, 0.15) is 57.4 Å². The molecule has 0 radical (unpaired) electrons. The highest BCUT2D eigenvalue weighted by molar-refractivity contribution is 5.86. The summed E-state index contributed by atoms with van der Waals surface area (Å²) in [5, 5.41) is 12.5. The molecule has 13 heteroatoms. The zero-order valence-corrected chi connectivity index (χ0v) is 27.4. The van der Waals surface area contributed by atoms with Gasteiger partial charge >= 0.3 is 12.1 Å². The summed E-state index contributed by atoms with van der Waals surface area (Å²) in [6.07, 6.45) is -5.94. The SMILES string of the molecule is Cc1ccc2cc1[C@@H](n1cc(CCN3CC(F)C3)c(C(F)(F)F)cc1=O)C(=O)N[C@@H](CC(=O)O)c1cc(cc(C)c1F)-c1c(C)cccc1O2. The first-order chi connectivity index (χ1) is 23.6. The van der Waals surface area contributed by atoms with Crippen molar-refractivity contribution in [3.05, 3.63) is 116 Å². The van der Waals surface area contributed by atoms with Crippen molar-refractivity contribution in [3.8, 4) is 22.6 Å². The minimum Gasteiger partial charge on any atom is -0.481 e. The van der Waals surface area contributed by atoms with Gasteiger partial charge in [-0.1, -0.05) is 18.2 Å². The number of rotatable bonds is 6. The van der Waals surface area contributed by atoms with E-state index in [0.717, 1.165) is 16.3 Å². The molecule has 262 valence electrons. The Morgan fingerprint density at radius 1 is 0.980 bits per heavy atom. The number of alkyl halides is 4. The summed E-state index contributed by atoms with van der Waals surface area (Å²) >= 11 is 0. The van der Waals surface area contributed by atoms with E-state index >= 15 is 4.39 Å². The van der Waals surface area contributed by atoms with Gasteiger partial charge in [-0.25, -0.2) is 8.78 Å². The summed E-state index contributed by atoms with van der Waals surface area (Å²) < 4.78 is 79.3. The Balaban J connectivity index is 1.58. The van der Waals surface area contributed by atoms with Crippen LogP contribution in [0.2, 0.25) is 0 Å². The topological polar surface area (TPSA) is 101 Å². The van der Waals surface area contributed by atoms with Gasteiger partial charge in [0.05, 0.1) is 18.0 Å². The van der Waals surface area contributed by atoms with Crippen molar-refractivity contribution in [2.24, 2.45) is 0 Å². The number of pyridine rings is 1. The van der Waals surface area contributed by atoms with E-state index in [-0.39, 0.29) is 54.1 Å². The molecule has 1 saturated heterocycles. The minimum atomic E-state index is -4.90. The van der Waals surface area contributed by atoms with E-state index in [2.05, 4.69) is 5.32 Å². The second kappa shape index (κ2) is 13.3. The predicted molar refractivity (Wildman–Crippen MR) is 175 cm³/mol. The average Bonchev–Trinajstić information content (AvgIpc) is 3.02. The van der Waals surface area contributed by atoms with E-state index in [1.165, 1.54) is 19.1 Å². The molecular formula is C37H34F5N3O5. The number of aryl methyl sites for hydroxylation is 3. The summed E-state index contributed by atoms with van der Waals surface area (Å²) in [4.78, 5) is 41.8. The third kappa shape index (κ3) is 6.87. The lowest BCUT2D eigenvalue weighted by Crippen LogP contribution is -2.49. The molecular weight excluding hydrogens is 661 g/mol. The lowest BCUT2D eigenvalue weighted by atomic mass is 9.92. The minimum absolute atomic E-state index is 0.0723. The Hall–Kier alpha value is -5.04. The van der Waals surface area contributed by atoms with E-state index in [1.807, 2.05) is 13.0 Å². The molecule has 1 amide bonds. The van der Waals surface area contributed by atoms with Crippen LogP contribution in [0.15, 0.2) is 65.6 Å². The molecule has 6 rings (SSSR count). The second-order valence-electron chi connectivity index (χ2n) is 12.9. The van der Waals surface area contributed by atoms with Crippen LogP contribution in [0, 0.1) is 26.6 Å². The van der Waals surface area contributed by atoms with Crippen LogP contribution >= 0.6 is 0 Å². The van der Waals surface area contributed by atoms with Crippen LogP contribution in [0.5, 0.6) is 11.5 Å². The van der Waals surface area contributed by atoms with E-state index in [4.69, 9.17) is 4.74 Å². The standard InChI is InChI=1S/C37H34F5N3O5/c1-19-7-8-25-13-26(19)35(45-16-22(9-10-44-17-24(38)18-44)28(14-31(45)46)37(40,41)42)36(49)43-29(15-32(47)48)27-12-23(11-21(3)34(27)39)33-20(2)5-4-6-30(33)50-25/h4-8,11-14,16,24,29,35H,9-10,15,17-18H2,1-3H3,(H,43,49)(H,47,48)/t29-,35+/m0/s1. The van der Waals surface area contributed by atoms with Crippen molar-refractivity contribution in [1.29, 1.82) is 0 Å². The van der Waals surface area contributed by atoms with Crippen molar-refractivity contribution < 1.29 is 41.4 Å². The zero-order valence-electron chi connectivity index (χ0n) is 27.4. The maximum atomic E-state index is 15.9. The Bertz CT molecular complexity index is 2050. The number of nitrogens with one attached hydrogen (secondary N) is 1. The van der Waals surface area contributed by atoms with Crippen molar-refractivity contribution in [1.82, 2.24) is 14.8 Å². The molecule has 0 saturated carbocycles. The molecule has 2 aliphatic rings. The lowest BCUT2D eigenvalue weighted by Gasteiger charge is -2.34. The van der Waals surface area contributed by atoms with E-state index in [1.54, 1.807) is 42.2 Å². The highest BCUT2D eigenvalue weighted by atomic mass is 19.4. The summed E-state index contributed by atoms with van der Waals surface area (Å²) in [7, 11) is 0. The maximum absolute atomic E-state index is 15.9. The monoisotopic (exact) mass is 695 g/mol. The molecule has 3 aromatic carbocycles. The first kappa shape index (κ1) is 34.8. The van der Waals surface area contributed by atoms with Crippen LogP contribution < -0.4 is 15.6 Å². The molecule has 4 bridgehead atoms. The quantitative estimate of drug-likeness (QED) is 0.215. The van der Waals surface area contributed by atoms with Crippen LogP contribution in [-0.4, -0.2) is 52.3 Å². The van der Waals surface area contributed by atoms with E-state index in [0.29, 0.717) is 28.5 Å². The fourth-order valence-corrected chi connectivity index (χ4v) is 6.70. The number of carboxylic acids is 1. The molecule has 4 aromatic rings. The summed E-state index contributed by atoms with van der Waals surface area (Å²) in [5.74, 6) is -2.45. The number of ether oxygens (including phenoxy) is 1. The molecule has 3 heterocycles. The van der Waals surface area contributed by atoms with Gasteiger partial charge in [-0.15, -0.1) is 0 Å². The number of amides is 1. The molecule has 1 aromatic heterocycles. The number of nitrogens with zero attached hydrogens (tertiary/aromatic N) is 2. The Labute approximate surface area is 284 Å². The van der Waals surface area contributed by atoms with Crippen LogP contribution in [0.3, 0.4) is 0 Å². The van der Waals surface area contributed by atoms with Crippen molar-refractivity contribution >= 4 is 11.9 Å². The molecule has 0 aliphatic carbocycles. The fraction of sp³-hybridized carbons (Fsp3) is 0.324. The fourth-order valence-electron chi connectivity index (χ4n) is 6.70. The predicted octanol–water partition coefficient (Wildman–Crippen LogP) is 6.82. The molecule has 0 unspecified atom stereocenters. The number of carbonyl (C=O) groups is 2. The van der Waals surface area contributed by atoms with Gasteiger partial charge in [0.2, 0.25) is 5.91 Å². The number of benzene rings is 3.